The van der Waals surface area contributed by atoms with Gasteiger partial charge in [0, 0.05) is 43.0 Å². The highest BCUT2D eigenvalue weighted by atomic mass is 35.5. The summed E-state index contributed by atoms with van der Waals surface area (Å²) in [6.07, 6.45) is 3.09. The second kappa shape index (κ2) is 10.5. The Hall–Kier alpha value is -3.07. The van der Waals surface area contributed by atoms with Crippen molar-refractivity contribution < 1.29 is 14.3 Å². The Morgan fingerprint density at radius 3 is 2.58 bits per heavy atom. The number of rotatable bonds is 5. The van der Waals surface area contributed by atoms with Crippen LogP contribution in [0.3, 0.4) is 0 Å². The zero-order valence-corrected chi connectivity index (χ0v) is 21.7. The van der Waals surface area contributed by atoms with E-state index >= 15 is 4.39 Å². The van der Waals surface area contributed by atoms with E-state index in [4.69, 9.17) is 11.6 Å². The van der Waals surface area contributed by atoms with Crippen LogP contribution in [0.25, 0.3) is 0 Å². The largest absolute Gasteiger partial charge is 0.392 e. The molecule has 0 aliphatic carbocycles. The fourth-order valence-corrected chi connectivity index (χ4v) is 5.01. The van der Waals surface area contributed by atoms with Gasteiger partial charge >= 0.3 is 0 Å². The number of carbonyl (C=O) groups excluding carboxylic acids is 1. The highest BCUT2D eigenvalue weighted by molar-refractivity contribution is 6.30. The Balaban J connectivity index is 0.00000148. The SMILES string of the molecule is CC.Cc1c(NC2CNC2)ncc2c1[C@@](C)(c1cccc(Cl)c1F)CN(c1ccc(CO)cn1)C2=O. The molecule has 190 valence electrons. The Morgan fingerprint density at radius 1 is 1.22 bits per heavy atom. The molecule has 0 spiro atoms. The van der Waals surface area contributed by atoms with Crippen molar-refractivity contribution >= 4 is 29.1 Å². The van der Waals surface area contributed by atoms with Gasteiger partial charge in [-0.05, 0) is 42.7 Å². The van der Waals surface area contributed by atoms with Gasteiger partial charge in [0.1, 0.15) is 17.5 Å². The monoisotopic (exact) mass is 511 g/mol. The number of aromatic nitrogens is 2. The molecule has 1 amide bonds. The van der Waals surface area contributed by atoms with Crippen LogP contribution in [0, 0.1) is 12.7 Å². The zero-order valence-electron chi connectivity index (χ0n) is 20.9. The number of aliphatic hydroxyl groups excluding tert-OH is 1. The molecule has 0 unspecified atom stereocenters. The molecule has 3 N–H and O–H groups in total. The van der Waals surface area contributed by atoms with Gasteiger partial charge in [-0.1, -0.05) is 43.6 Å². The number of fused-ring (bicyclic) bond motifs is 1. The lowest BCUT2D eigenvalue weighted by atomic mass is 9.70. The summed E-state index contributed by atoms with van der Waals surface area (Å²) in [5, 5.41) is 16.0. The normalized spacial score (nSPS) is 19.2. The van der Waals surface area contributed by atoms with Gasteiger partial charge in [-0.25, -0.2) is 14.4 Å². The van der Waals surface area contributed by atoms with Crippen LogP contribution in [0.1, 0.15) is 53.4 Å². The number of benzene rings is 1. The van der Waals surface area contributed by atoms with Gasteiger partial charge in [0.2, 0.25) is 0 Å². The van der Waals surface area contributed by atoms with Crippen molar-refractivity contribution in [3.63, 3.8) is 0 Å². The third-order valence-corrected chi connectivity index (χ3v) is 7.05. The number of halogens is 2. The van der Waals surface area contributed by atoms with Gasteiger partial charge in [0.25, 0.3) is 5.91 Å². The van der Waals surface area contributed by atoms with E-state index < -0.39 is 11.2 Å². The van der Waals surface area contributed by atoms with Crippen LogP contribution >= 0.6 is 11.6 Å². The van der Waals surface area contributed by atoms with Gasteiger partial charge in [-0.15, -0.1) is 0 Å². The van der Waals surface area contributed by atoms with E-state index in [0.29, 0.717) is 28.3 Å². The molecule has 5 rings (SSSR count). The van der Waals surface area contributed by atoms with Gasteiger partial charge in [-0.2, -0.15) is 0 Å². The van der Waals surface area contributed by atoms with Crippen molar-refractivity contribution in [2.24, 2.45) is 0 Å². The lowest BCUT2D eigenvalue weighted by Crippen LogP contribution is -2.52. The molecule has 1 fully saturated rings. The number of carbonyl (C=O) groups is 1. The molecular formula is C27H31ClFN5O2. The van der Waals surface area contributed by atoms with Crippen molar-refractivity contribution in [2.75, 3.05) is 29.9 Å². The van der Waals surface area contributed by atoms with Crippen molar-refractivity contribution in [2.45, 2.75) is 45.8 Å². The predicted octanol–water partition coefficient (Wildman–Crippen LogP) is 4.45. The van der Waals surface area contributed by atoms with Gasteiger partial charge in [0.05, 0.1) is 23.2 Å². The maximum Gasteiger partial charge on any atom is 0.261 e. The maximum absolute atomic E-state index is 15.4. The van der Waals surface area contributed by atoms with Crippen molar-refractivity contribution in [3.8, 4) is 0 Å². The number of pyridine rings is 2. The standard InChI is InChI=1S/C25H25ClFN5O2.C2H6/c1-14-21-17(11-30-23(14)31-16-9-28-10-16)24(34)32(20-7-6-15(12-33)8-29-20)13-25(21,2)18-4-3-5-19(26)22(18)27;1-2/h3-8,11,16,28,33H,9-10,12-13H2,1-2H3,(H,30,31);1-2H3/t25-;/m1./s1. The van der Waals surface area contributed by atoms with Crippen LogP contribution < -0.4 is 15.5 Å². The zero-order chi connectivity index (χ0) is 26.0. The molecule has 2 aliphatic rings. The van der Waals surface area contributed by atoms with Gasteiger partial charge < -0.3 is 15.7 Å². The van der Waals surface area contributed by atoms with Gasteiger partial charge in [-0.3, -0.25) is 9.69 Å². The lowest BCUT2D eigenvalue weighted by Gasteiger charge is -2.43. The smallest absolute Gasteiger partial charge is 0.261 e. The summed E-state index contributed by atoms with van der Waals surface area (Å²) in [5.74, 6) is 0.337. The second-order valence-corrected chi connectivity index (χ2v) is 9.43. The summed E-state index contributed by atoms with van der Waals surface area (Å²) >= 11 is 6.18. The fourth-order valence-electron chi connectivity index (χ4n) is 4.83. The highest BCUT2D eigenvalue weighted by Gasteiger charge is 2.45. The summed E-state index contributed by atoms with van der Waals surface area (Å²) in [5.41, 5.74) is 2.05. The van der Waals surface area contributed by atoms with Crippen molar-refractivity contribution in [1.82, 2.24) is 15.3 Å². The molecular weight excluding hydrogens is 481 g/mol. The molecule has 7 nitrogen and oxygen atoms in total. The number of hydrogen-bond donors (Lipinski definition) is 3. The van der Waals surface area contributed by atoms with Crippen LogP contribution in [0.2, 0.25) is 5.02 Å². The number of nitrogens with zero attached hydrogens (tertiary/aromatic N) is 3. The first-order valence-electron chi connectivity index (χ1n) is 12.1. The van der Waals surface area contributed by atoms with Crippen LogP contribution in [-0.4, -0.2) is 46.7 Å². The summed E-state index contributed by atoms with van der Waals surface area (Å²) in [6, 6.07) is 8.60. The second-order valence-electron chi connectivity index (χ2n) is 9.03. The average molecular weight is 512 g/mol. The average Bonchev–Trinajstić information content (AvgIpc) is 2.87. The first kappa shape index (κ1) is 26.0. The molecule has 1 saturated heterocycles. The summed E-state index contributed by atoms with van der Waals surface area (Å²) in [4.78, 5) is 24.1. The Morgan fingerprint density at radius 2 is 1.97 bits per heavy atom. The minimum atomic E-state index is -0.920. The van der Waals surface area contributed by atoms with E-state index in [0.717, 1.165) is 24.2 Å². The molecule has 3 aromatic rings. The van der Waals surface area contributed by atoms with Crippen LogP contribution in [0.5, 0.6) is 0 Å². The molecule has 36 heavy (non-hydrogen) atoms. The molecule has 9 heteroatoms. The summed E-state index contributed by atoms with van der Waals surface area (Å²) < 4.78 is 15.4. The van der Waals surface area contributed by atoms with Crippen molar-refractivity contribution in [1.29, 1.82) is 0 Å². The van der Waals surface area contributed by atoms with Gasteiger partial charge in [0.15, 0.2) is 0 Å². The third-order valence-electron chi connectivity index (χ3n) is 6.76. The van der Waals surface area contributed by atoms with E-state index in [2.05, 4.69) is 20.6 Å². The van der Waals surface area contributed by atoms with E-state index in [9.17, 15) is 9.90 Å². The van der Waals surface area contributed by atoms with E-state index in [1.807, 2.05) is 27.7 Å². The van der Waals surface area contributed by atoms with Crippen molar-refractivity contribution in [3.05, 3.63) is 81.4 Å². The number of amides is 1. The Kier molecular flexibility index (Phi) is 7.59. The maximum atomic E-state index is 15.4. The highest BCUT2D eigenvalue weighted by Crippen LogP contribution is 2.45. The topological polar surface area (TPSA) is 90.4 Å². The molecule has 1 atom stereocenters. The summed E-state index contributed by atoms with van der Waals surface area (Å²) in [7, 11) is 0. The van der Waals surface area contributed by atoms with E-state index in [-0.39, 0.29) is 30.1 Å². The van der Waals surface area contributed by atoms with Crippen LogP contribution in [0.4, 0.5) is 16.0 Å². The first-order chi connectivity index (χ1) is 17.3. The van der Waals surface area contributed by atoms with E-state index in [1.165, 1.54) is 17.2 Å². The molecule has 0 bridgehead atoms. The molecule has 1 aromatic carbocycles. The fraction of sp³-hybridized carbons (Fsp3) is 0.370. The molecule has 4 heterocycles. The Bertz CT molecular complexity index is 1270. The predicted molar refractivity (Wildman–Crippen MR) is 140 cm³/mol. The number of aliphatic hydroxyl groups is 1. The third kappa shape index (κ3) is 4.45. The molecule has 2 aromatic heterocycles. The minimum Gasteiger partial charge on any atom is -0.392 e. The van der Waals surface area contributed by atoms with Crippen LogP contribution in [-0.2, 0) is 12.0 Å². The number of nitrogens with one attached hydrogen (secondary N) is 2. The van der Waals surface area contributed by atoms with E-state index in [1.54, 1.807) is 30.5 Å². The quantitative estimate of drug-likeness (QED) is 0.469. The first-order valence-corrected chi connectivity index (χ1v) is 12.5. The Labute approximate surface area is 215 Å². The number of hydrogen-bond acceptors (Lipinski definition) is 6. The van der Waals surface area contributed by atoms with Crippen LogP contribution in [0.15, 0.2) is 42.7 Å². The number of anilines is 2. The summed E-state index contributed by atoms with van der Waals surface area (Å²) in [6.45, 7) is 9.52. The molecule has 0 saturated carbocycles. The molecule has 0 radical (unpaired) electrons. The minimum absolute atomic E-state index is 0.0275. The lowest BCUT2D eigenvalue weighted by molar-refractivity contribution is 0.0969. The molecule has 2 aliphatic heterocycles.